The molecule has 1 heterocycles. The van der Waals surface area contributed by atoms with Crippen LogP contribution in [0.4, 0.5) is 0 Å². The Kier molecular flexibility index (Phi) is 5.98. The number of fused-ring (bicyclic) bond motifs is 1. The second-order valence-electron chi connectivity index (χ2n) is 5.62. The van der Waals surface area contributed by atoms with Gasteiger partial charge in [-0.25, -0.2) is 0 Å². The van der Waals surface area contributed by atoms with E-state index < -0.39 is 0 Å². The van der Waals surface area contributed by atoms with Gasteiger partial charge in [0, 0.05) is 13.7 Å². The van der Waals surface area contributed by atoms with Gasteiger partial charge in [0.1, 0.15) is 12.7 Å². The molecule has 2 unspecified atom stereocenters. The average Bonchev–Trinajstić information content (AvgIpc) is 2.66. The number of benzene rings is 2. The molecule has 2 atom stereocenters. The predicted molar refractivity (Wildman–Crippen MR) is 93.6 cm³/mol. The Bertz CT molecular complexity index is 678. The van der Waals surface area contributed by atoms with Gasteiger partial charge in [-0.15, -0.1) is 0 Å². The molecule has 0 bridgehead atoms. The van der Waals surface area contributed by atoms with E-state index in [0.717, 1.165) is 11.5 Å². The van der Waals surface area contributed by atoms with Crippen molar-refractivity contribution in [2.24, 2.45) is 0 Å². The molecule has 0 radical (unpaired) electrons. The van der Waals surface area contributed by atoms with Gasteiger partial charge in [0.05, 0.1) is 13.7 Å². The summed E-state index contributed by atoms with van der Waals surface area (Å²) < 4.78 is 28.2. The van der Waals surface area contributed by atoms with Crippen molar-refractivity contribution >= 4 is 0 Å². The van der Waals surface area contributed by atoms with E-state index in [4.69, 9.17) is 23.7 Å². The minimum atomic E-state index is -0.331. The maximum Gasteiger partial charge on any atom is 0.174 e. The summed E-state index contributed by atoms with van der Waals surface area (Å²) in [6.07, 6.45) is -0.433. The third-order valence-corrected chi connectivity index (χ3v) is 3.80. The van der Waals surface area contributed by atoms with Crippen LogP contribution in [0.15, 0.2) is 48.5 Å². The summed E-state index contributed by atoms with van der Waals surface area (Å²) >= 11 is 0. The molecule has 0 amide bonds. The van der Waals surface area contributed by atoms with Crippen molar-refractivity contribution in [3.8, 4) is 23.0 Å². The molecule has 1 aliphatic heterocycles. The molecule has 0 saturated carbocycles. The molecule has 0 saturated heterocycles. The quantitative estimate of drug-likeness (QED) is 0.742. The first-order chi connectivity index (χ1) is 12.3. The van der Waals surface area contributed by atoms with E-state index >= 15 is 0 Å². The molecule has 2 aromatic carbocycles. The highest BCUT2D eigenvalue weighted by atomic mass is 16.6. The minimum Gasteiger partial charge on any atom is -0.493 e. The van der Waals surface area contributed by atoms with Crippen molar-refractivity contribution in [2.75, 3.05) is 34.0 Å². The number of rotatable bonds is 8. The van der Waals surface area contributed by atoms with Gasteiger partial charge in [-0.05, 0) is 24.3 Å². The van der Waals surface area contributed by atoms with Crippen LogP contribution in [0.25, 0.3) is 0 Å². The van der Waals surface area contributed by atoms with Gasteiger partial charge in [-0.1, -0.05) is 24.3 Å². The number of para-hydroxylation sites is 4. The number of hydrogen-bond acceptors (Lipinski definition) is 6. The lowest BCUT2D eigenvalue weighted by atomic mass is 10.2. The Labute approximate surface area is 147 Å². The monoisotopic (exact) mass is 345 g/mol. The Balaban J connectivity index is 1.57. The van der Waals surface area contributed by atoms with Crippen LogP contribution in [0.3, 0.4) is 0 Å². The molecular weight excluding hydrogens is 322 g/mol. The fraction of sp³-hybridized carbons (Fsp3) is 0.368. The zero-order valence-corrected chi connectivity index (χ0v) is 14.4. The summed E-state index contributed by atoms with van der Waals surface area (Å²) in [7, 11) is 3.25. The van der Waals surface area contributed by atoms with Gasteiger partial charge in [0.25, 0.3) is 0 Å². The molecule has 0 aliphatic carbocycles. The Morgan fingerprint density at radius 3 is 2.52 bits per heavy atom. The molecule has 2 aromatic rings. The average molecular weight is 345 g/mol. The van der Waals surface area contributed by atoms with Gasteiger partial charge >= 0.3 is 0 Å². The van der Waals surface area contributed by atoms with Crippen molar-refractivity contribution in [3.05, 3.63) is 48.5 Å². The standard InChI is InChI=1S/C19H23NO5/c1-21-13-19(25-17-9-5-3-7-15(17)22-2)20-11-14-12-23-16-8-4-6-10-18(16)24-14/h3-10,14,19-20H,11-13H2,1-2H3. The van der Waals surface area contributed by atoms with Crippen molar-refractivity contribution < 1.29 is 23.7 Å². The zero-order valence-electron chi connectivity index (χ0n) is 14.4. The van der Waals surface area contributed by atoms with Crippen molar-refractivity contribution in [3.63, 3.8) is 0 Å². The van der Waals surface area contributed by atoms with E-state index in [2.05, 4.69) is 5.32 Å². The second-order valence-corrected chi connectivity index (χ2v) is 5.62. The largest absolute Gasteiger partial charge is 0.493 e. The molecule has 134 valence electrons. The Hall–Kier alpha value is -2.44. The Morgan fingerprint density at radius 1 is 1.04 bits per heavy atom. The van der Waals surface area contributed by atoms with Crippen molar-refractivity contribution in [1.82, 2.24) is 5.32 Å². The number of nitrogens with one attached hydrogen (secondary N) is 1. The first kappa shape index (κ1) is 17.4. The van der Waals surface area contributed by atoms with Crippen LogP contribution in [0.2, 0.25) is 0 Å². The van der Waals surface area contributed by atoms with E-state index in [-0.39, 0.29) is 12.3 Å². The fourth-order valence-corrected chi connectivity index (χ4v) is 2.58. The summed E-state index contributed by atoms with van der Waals surface area (Å²) in [5.74, 6) is 2.87. The van der Waals surface area contributed by atoms with Crippen LogP contribution < -0.4 is 24.3 Å². The van der Waals surface area contributed by atoms with Gasteiger partial charge in [-0.3, -0.25) is 5.32 Å². The van der Waals surface area contributed by atoms with E-state index in [1.807, 2.05) is 48.5 Å². The first-order valence-electron chi connectivity index (χ1n) is 8.20. The lowest BCUT2D eigenvalue weighted by Crippen LogP contribution is -2.46. The van der Waals surface area contributed by atoms with E-state index in [1.165, 1.54) is 0 Å². The normalized spacial score (nSPS) is 17.0. The van der Waals surface area contributed by atoms with Crippen LogP contribution in [-0.2, 0) is 4.74 Å². The maximum absolute atomic E-state index is 5.98. The lowest BCUT2D eigenvalue weighted by Gasteiger charge is -2.28. The fourth-order valence-electron chi connectivity index (χ4n) is 2.58. The van der Waals surface area contributed by atoms with Crippen LogP contribution in [0.1, 0.15) is 0 Å². The predicted octanol–water partition coefficient (Wildman–Crippen LogP) is 2.48. The highest BCUT2D eigenvalue weighted by Gasteiger charge is 2.22. The van der Waals surface area contributed by atoms with Crippen LogP contribution in [-0.4, -0.2) is 46.3 Å². The highest BCUT2D eigenvalue weighted by molar-refractivity contribution is 5.41. The Morgan fingerprint density at radius 2 is 1.76 bits per heavy atom. The number of methoxy groups -OCH3 is 2. The molecule has 3 rings (SSSR count). The van der Waals surface area contributed by atoms with Gasteiger partial charge in [-0.2, -0.15) is 0 Å². The lowest BCUT2D eigenvalue weighted by molar-refractivity contribution is 0.0365. The SMILES string of the molecule is COCC(NCC1COc2ccccc2O1)Oc1ccccc1OC. The van der Waals surface area contributed by atoms with E-state index in [0.29, 0.717) is 31.3 Å². The smallest absolute Gasteiger partial charge is 0.174 e. The van der Waals surface area contributed by atoms with E-state index in [9.17, 15) is 0 Å². The van der Waals surface area contributed by atoms with Crippen LogP contribution in [0.5, 0.6) is 23.0 Å². The van der Waals surface area contributed by atoms with Gasteiger partial charge in [0.15, 0.2) is 29.2 Å². The van der Waals surface area contributed by atoms with Gasteiger partial charge < -0.3 is 23.7 Å². The number of hydrogen-bond donors (Lipinski definition) is 1. The first-order valence-corrected chi connectivity index (χ1v) is 8.20. The second kappa shape index (κ2) is 8.60. The van der Waals surface area contributed by atoms with Crippen LogP contribution in [0, 0.1) is 0 Å². The summed E-state index contributed by atoms with van der Waals surface area (Å²) in [6.45, 7) is 1.44. The molecule has 1 aliphatic rings. The molecule has 1 N–H and O–H groups in total. The van der Waals surface area contributed by atoms with E-state index in [1.54, 1.807) is 14.2 Å². The highest BCUT2D eigenvalue weighted by Crippen LogP contribution is 2.31. The molecule has 6 nitrogen and oxygen atoms in total. The summed E-state index contributed by atoms with van der Waals surface area (Å²) in [5.41, 5.74) is 0. The summed E-state index contributed by atoms with van der Waals surface area (Å²) in [5, 5.41) is 3.31. The molecule has 0 spiro atoms. The topological polar surface area (TPSA) is 58.2 Å². The maximum atomic E-state index is 5.98. The molecular formula is C19H23NO5. The third kappa shape index (κ3) is 4.55. The summed E-state index contributed by atoms with van der Waals surface area (Å²) in [6, 6.07) is 15.2. The third-order valence-electron chi connectivity index (χ3n) is 3.80. The molecule has 0 aromatic heterocycles. The van der Waals surface area contributed by atoms with Crippen molar-refractivity contribution in [2.45, 2.75) is 12.3 Å². The zero-order chi connectivity index (χ0) is 17.5. The number of ether oxygens (including phenoxy) is 5. The molecule has 0 fully saturated rings. The molecule has 25 heavy (non-hydrogen) atoms. The molecule has 6 heteroatoms. The van der Waals surface area contributed by atoms with Crippen molar-refractivity contribution in [1.29, 1.82) is 0 Å². The summed E-state index contributed by atoms with van der Waals surface area (Å²) in [4.78, 5) is 0. The minimum absolute atomic E-state index is 0.101. The van der Waals surface area contributed by atoms with Gasteiger partial charge in [0.2, 0.25) is 0 Å². The van der Waals surface area contributed by atoms with Crippen LogP contribution >= 0.6 is 0 Å².